The van der Waals surface area contributed by atoms with Gasteiger partial charge < -0.3 is 25.1 Å². The van der Waals surface area contributed by atoms with Gasteiger partial charge in [-0.2, -0.15) is 13.2 Å². The van der Waals surface area contributed by atoms with Crippen molar-refractivity contribution in [1.82, 2.24) is 15.3 Å². The van der Waals surface area contributed by atoms with Crippen LogP contribution < -0.4 is 16.4 Å². The van der Waals surface area contributed by atoms with Crippen molar-refractivity contribution in [2.24, 2.45) is 0 Å². The van der Waals surface area contributed by atoms with Crippen molar-refractivity contribution in [3.05, 3.63) is 44.0 Å². The minimum atomic E-state index is -4.67. The molecule has 0 radical (unpaired) electrons. The zero-order valence-electron chi connectivity index (χ0n) is 13.3. The molecule has 0 aliphatic rings. The number of nitrogens with one attached hydrogen (secondary N) is 3. The average Bonchev–Trinajstić information content (AvgIpc) is 2.43. The number of hydrogen-bond acceptors (Lipinski definition) is 4. The number of H-pyrrole nitrogens is 2. The SMILES string of the molecule is CC(CP(=O)(O)O)NCc1cc(C(F)(F)F)cc2[nH]c(=O)c(=O)[nH]c12.Cl. The third kappa shape index (κ3) is 5.68. The number of aromatic nitrogens is 2. The Morgan fingerprint density at radius 1 is 1.19 bits per heavy atom. The van der Waals surface area contributed by atoms with E-state index in [1.165, 1.54) is 6.92 Å². The first-order valence-electron chi connectivity index (χ1n) is 7.01. The van der Waals surface area contributed by atoms with Gasteiger partial charge in [0.25, 0.3) is 0 Å². The molecule has 0 saturated heterocycles. The molecule has 13 heteroatoms. The van der Waals surface area contributed by atoms with Crippen LogP contribution in [-0.2, 0) is 17.3 Å². The Bertz CT molecular complexity index is 953. The van der Waals surface area contributed by atoms with Gasteiger partial charge in [-0.05, 0) is 24.6 Å². The standard InChI is InChI=1S/C13H15F3N3O5P.ClH/c1-6(5-25(22,23)24)17-4-7-2-8(13(14,15)16)3-9-10(7)19-12(21)11(20)18-9;/h2-3,6,17H,4-5H2,1H3,(H,18,20)(H,19,21)(H2,22,23,24);1H. The van der Waals surface area contributed by atoms with Crippen molar-refractivity contribution in [3.8, 4) is 0 Å². The summed E-state index contributed by atoms with van der Waals surface area (Å²) in [6.45, 7) is 1.25. The Balaban J connectivity index is 0.00000338. The van der Waals surface area contributed by atoms with Crippen LogP contribution in [0, 0.1) is 0 Å². The lowest BCUT2D eigenvalue weighted by molar-refractivity contribution is -0.137. The van der Waals surface area contributed by atoms with Crippen LogP contribution in [0.4, 0.5) is 13.2 Å². The average molecular weight is 418 g/mol. The van der Waals surface area contributed by atoms with E-state index in [2.05, 4.69) is 15.3 Å². The van der Waals surface area contributed by atoms with Crippen molar-refractivity contribution in [2.45, 2.75) is 25.7 Å². The zero-order valence-corrected chi connectivity index (χ0v) is 15.0. The van der Waals surface area contributed by atoms with Gasteiger partial charge in [0.1, 0.15) is 0 Å². The van der Waals surface area contributed by atoms with Gasteiger partial charge in [0.05, 0.1) is 22.8 Å². The molecule has 0 spiro atoms. The predicted octanol–water partition coefficient (Wildman–Crippen LogP) is 1.31. The van der Waals surface area contributed by atoms with Crippen LogP contribution in [0.3, 0.4) is 0 Å². The van der Waals surface area contributed by atoms with Gasteiger partial charge in [-0.25, -0.2) is 0 Å². The molecule has 1 aromatic carbocycles. The van der Waals surface area contributed by atoms with E-state index >= 15 is 0 Å². The van der Waals surface area contributed by atoms with E-state index in [0.29, 0.717) is 6.07 Å². The lowest BCUT2D eigenvalue weighted by Gasteiger charge is -2.16. The third-order valence-electron chi connectivity index (χ3n) is 3.39. The molecule has 0 aliphatic carbocycles. The molecule has 2 aromatic rings. The summed E-state index contributed by atoms with van der Waals surface area (Å²) in [7, 11) is -4.29. The van der Waals surface area contributed by atoms with Gasteiger partial charge in [-0.15, -0.1) is 12.4 Å². The van der Waals surface area contributed by atoms with Crippen molar-refractivity contribution in [3.63, 3.8) is 0 Å². The fourth-order valence-corrected chi connectivity index (χ4v) is 3.15. The molecule has 0 bridgehead atoms. The molecule has 1 unspecified atom stereocenters. The van der Waals surface area contributed by atoms with E-state index in [1.807, 2.05) is 0 Å². The molecular weight excluding hydrogens is 402 g/mol. The summed E-state index contributed by atoms with van der Waals surface area (Å²) in [5.41, 5.74) is -3.29. The molecular formula is C13H16ClF3N3O5P. The van der Waals surface area contributed by atoms with Crippen LogP contribution in [0.25, 0.3) is 11.0 Å². The summed E-state index contributed by atoms with van der Waals surface area (Å²) >= 11 is 0. The van der Waals surface area contributed by atoms with Gasteiger partial charge >= 0.3 is 24.9 Å². The number of aromatic amines is 2. The third-order valence-corrected chi connectivity index (χ3v) is 4.42. The first-order chi connectivity index (χ1) is 11.4. The van der Waals surface area contributed by atoms with E-state index in [1.54, 1.807) is 0 Å². The number of halogens is 4. The lowest BCUT2D eigenvalue weighted by Crippen LogP contribution is -2.31. The highest BCUT2D eigenvalue weighted by Gasteiger charge is 2.31. The molecule has 0 saturated carbocycles. The van der Waals surface area contributed by atoms with Crippen molar-refractivity contribution in [2.75, 3.05) is 6.16 Å². The monoisotopic (exact) mass is 417 g/mol. The van der Waals surface area contributed by atoms with E-state index in [9.17, 15) is 27.3 Å². The van der Waals surface area contributed by atoms with Crippen LogP contribution in [0.5, 0.6) is 0 Å². The molecule has 1 atom stereocenters. The second-order valence-electron chi connectivity index (χ2n) is 5.59. The van der Waals surface area contributed by atoms with Crippen LogP contribution in [-0.4, -0.2) is 32.0 Å². The maximum atomic E-state index is 13.0. The highest BCUT2D eigenvalue weighted by atomic mass is 35.5. The van der Waals surface area contributed by atoms with Crippen molar-refractivity contribution < 1.29 is 27.5 Å². The van der Waals surface area contributed by atoms with E-state index < -0.39 is 42.7 Å². The van der Waals surface area contributed by atoms with E-state index in [-0.39, 0.29) is 35.5 Å². The van der Waals surface area contributed by atoms with Crippen LogP contribution >= 0.6 is 20.0 Å². The Labute approximate surface area is 150 Å². The first kappa shape index (κ1) is 22.4. The molecule has 5 N–H and O–H groups in total. The van der Waals surface area contributed by atoms with Gasteiger partial charge in [0.2, 0.25) is 0 Å². The summed E-state index contributed by atoms with van der Waals surface area (Å²) < 4.78 is 50.0. The number of hydrogen-bond donors (Lipinski definition) is 5. The molecule has 0 fully saturated rings. The first-order valence-corrected chi connectivity index (χ1v) is 8.81. The maximum Gasteiger partial charge on any atom is 0.416 e. The summed E-state index contributed by atoms with van der Waals surface area (Å²) in [4.78, 5) is 44.9. The smallest absolute Gasteiger partial charge is 0.324 e. The van der Waals surface area contributed by atoms with E-state index in [0.717, 1.165) is 6.07 Å². The highest BCUT2D eigenvalue weighted by Crippen LogP contribution is 2.35. The quantitative estimate of drug-likeness (QED) is 0.368. The minimum absolute atomic E-state index is 0. The number of fused-ring (bicyclic) bond motifs is 1. The summed E-state index contributed by atoms with van der Waals surface area (Å²) in [6.07, 6.45) is -5.18. The molecule has 0 aliphatic heterocycles. The van der Waals surface area contributed by atoms with Gasteiger partial charge in [-0.3, -0.25) is 14.2 Å². The van der Waals surface area contributed by atoms with E-state index in [4.69, 9.17) is 9.79 Å². The largest absolute Gasteiger partial charge is 0.416 e. The minimum Gasteiger partial charge on any atom is -0.324 e. The fourth-order valence-electron chi connectivity index (χ4n) is 2.31. The molecule has 8 nitrogen and oxygen atoms in total. The Morgan fingerprint density at radius 3 is 2.31 bits per heavy atom. The molecule has 0 amide bonds. The summed E-state index contributed by atoms with van der Waals surface area (Å²) in [6, 6.07) is 0.808. The molecule has 1 aromatic heterocycles. The van der Waals surface area contributed by atoms with Crippen LogP contribution in [0.2, 0.25) is 0 Å². The number of benzene rings is 1. The second kappa shape index (κ2) is 7.93. The van der Waals surface area contributed by atoms with Gasteiger partial charge in [-0.1, -0.05) is 0 Å². The fraction of sp³-hybridized carbons (Fsp3) is 0.385. The number of alkyl halides is 3. The normalized spacial score (nSPS) is 13.5. The molecule has 2 rings (SSSR count). The second-order valence-corrected chi connectivity index (χ2v) is 7.29. The van der Waals surface area contributed by atoms with Gasteiger partial charge in [0.15, 0.2) is 0 Å². The summed E-state index contributed by atoms with van der Waals surface area (Å²) in [5.74, 6) is 0. The topological polar surface area (TPSA) is 135 Å². The lowest BCUT2D eigenvalue weighted by atomic mass is 10.1. The van der Waals surface area contributed by atoms with Crippen LogP contribution in [0.15, 0.2) is 21.7 Å². The Hall–Kier alpha value is -1.65. The molecule has 146 valence electrons. The molecule has 26 heavy (non-hydrogen) atoms. The Morgan fingerprint density at radius 2 is 1.77 bits per heavy atom. The predicted molar refractivity (Wildman–Crippen MR) is 90.7 cm³/mol. The maximum absolute atomic E-state index is 13.0. The highest BCUT2D eigenvalue weighted by molar-refractivity contribution is 7.51. The zero-order chi connectivity index (χ0) is 19.0. The summed E-state index contributed by atoms with van der Waals surface area (Å²) in [5, 5.41) is 2.69. The Kier molecular flexibility index (Phi) is 6.83. The van der Waals surface area contributed by atoms with Crippen molar-refractivity contribution >= 4 is 31.0 Å². The number of rotatable bonds is 5. The van der Waals surface area contributed by atoms with Gasteiger partial charge in [0, 0.05) is 12.6 Å². The molecule has 1 heterocycles. The van der Waals surface area contributed by atoms with Crippen molar-refractivity contribution in [1.29, 1.82) is 0 Å². The van der Waals surface area contributed by atoms with Crippen LogP contribution in [0.1, 0.15) is 18.1 Å².